The Bertz CT molecular complexity index is 1060. The summed E-state index contributed by atoms with van der Waals surface area (Å²) in [7, 11) is 0. The number of hydrogen-bond donors (Lipinski definition) is 2. The molecule has 1 heterocycles. The maximum Gasteiger partial charge on any atom is 0.248 e. The van der Waals surface area contributed by atoms with Crippen LogP contribution in [0.25, 0.3) is 0 Å². The van der Waals surface area contributed by atoms with Gasteiger partial charge in [0.1, 0.15) is 17.5 Å². The Hall–Kier alpha value is -3.19. The molecule has 0 saturated carbocycles. The molecule has 0 aliphatic heterocycles. The first kappa shape index (κ1) is 25.4. The molecule has 1 unspecified atom stereocenters. The van der Waals surface area contributed by atoms with Crippen LogP contribution in [0.1, 0.15) is 62.8 Å². The molecule has 0 bridgehead atoms. The molecule has 34 heavy (non-hydrogen) atoms. The molecule has 1 atom stereocenters. The first-order valence-electron chi connectivity index (χ1n) is 11.9. The standard InChI is InChI=1S/C27H33N3O3S/c1-4-11-23(26(32)30-27-28-18-24(34-27)20(5-2)6-3)29-25(31)17-19-12-10-15-22(16-19)33-21-13-8-7-9-14-21/h7-10,12-16,18,20,23H,4-6,11,17H2,1-3H3,(H,29,31)(H,28,30,32). The summed E-state index contributed by atoms with van der Waals surface area (Å²) in [6.45, 7) is 6.30. The first-order valence-corrected chi connectivity index (χ1v) is 12.7. The number of carbonyl (C=O) groups is 2. The van der Waals surface area contributed by atoms with Crippen molar-refractivity contribution in [1.82, 2.24) is 10.3 Å². The van der Waals surface area contributed by atoms with E-state index in [1.165, 1.54) is 16.2 Å². The maximum atomic E-state index is 12.9. The fraction of sp³-hybridized carbons (Fsp3) is 0.370. The van der Waals surface area contributed by atoms with E-state index in [9.17, 15) is 9.59 Å². The largest absolute Gasteiger partial charge is 0.457 e. The summed E-state index contributed by atoms with van der Waals surface area (Å²) in [5, 5.41) is 6.36. The number of carbonyl (C=O) groups excluding carboxylic acids is 2. The molecule has 1 aromatic heterocycles. The highest BCUT2D eigenvalue weighted by atomic mass is 32.1. The third kappa shape index (κ3) is 7.42. The van der Waals surface area contributed by atoms with Gasteiger partial charge in [0, 0.05) is 11.1 Å². The zero-order valence-corrected chi connectivity index (χ0v) is 20.9. The van der Waals surface area contributed by atoms with Gasteiger partial charge in [0.2, 0.25) is 11.8 Å². The Kier molecular flexibility index (Phi) is 9.64. The number of nitrogens with one attached hydrogen (secondary N) is 2. The number of para-hydroxylation sites is 1. The second-order valence-electron chi connectivity index (χ2n) is 8.22. The quantitative estimate of drug-likeness (QED) is 0.319. The third-order valence-corrected chi connectivity index (χ3v) is 6.69. The zero-order chi connectivity index (χ0) is 24.3. The summed E-state index contributed by atoms with van der Waals surface area (Å²) in [4.78, 5) is 31.2. The van der Waals surface area contributed by atoms with E-state index < -0.39 is 6.04 Å². The molecule has 2 aromatic carbocycles. The molecule has 0 aliphatic rings. The Morgan fingerprint density at radius 1 is 1.00 bits per heavy atom. The van der Waals surface area contributed by atoms with Gasteiger partial charge in [-0.05, 0) is 55.0 Å². The van der Waals surface area contributed by atoms with Gasteiger partial charge in [-0.25, -0.2) is 4.98 Å². The van der Waals surface area contributed by atoms with Crippen molar-refractivity contribution in [2.24, 2.45) is 0 Å². The molecule has 2 N–H and O–H groups in total. The highest BCUT2D eigenvalue weighted by molar-refractivity contribution is 7.15. The van der Waals surface area contributed by atoms with Crippen molar-refractivity contribution >= 4 is 28.3 Å². The third-order valence-electron chi connectivity index (χ3n) is 5.61. The fourth-order valence-electron chi connectivity index (χ4n) is 3.75. The van der Waals surface area contributed by atoms with Gasteiger partial charge < -0.3 is 15.4 Å². The van der Waals surface area contributed by atoms with Gasteiger partial charge in [-0.2, -0.15) is 0 Å². The molecule has 0 fully saturated rings. The van der Waals surface area contributed by atoms with Gasteiger partial charge in [0.05, 0.1) is 6.42 Å². The predicted molar refractivity (Wildman–Crippen MR) is 138 cm³/mol. The zero-order valence-electron chi connectivity index (χ0n) is 20.0. The summed E-state index contributed by atoms with van der Waals surface area (Å²) in [5.74, 6) is 1.41. The SMILES string of the molecule is CCCC(NC(=O)Cc1cccc(Oc2ccccc2)c1)C(=O)Nc1ncc(C(CC)CC)s1. The Labute approximate surface area is 205 Å². The number of thiazole rings is 1. The monoisotopic (exact) mass is 479 g/mol. The topological polar surface area (TPSA) is 80.3 Å². The Morgan fingerprint density at radius 2 is 1.74 bits per heavy atom. The summed E-state index contributed by atoms with van der Waals surface area (Å²) in [6.07, 6.45) is 5.41. The van der Waals surface area contributed by atoms with E-state index in [-0.39, 0.29) is 18.2 Å². The number of ether oxygens (including phenoxy) is 1. The molecule has 6 nitrogen and oxygen atoms in total. The molecular weight excluding hydrogens is 446 g/mol. The van der Waals surface area contributed by atoms with E-state index in [0.717, 1.165) is 30.6 Å². The van der Waals surface area contributed by atoms with Gasteiger partial charge in [-0.15, -0.1) is 11.3 Å². The van der Waals surface area contributed by atoms with Crippen LogP contribution in [0.4, 0.5) is 5.13 Å². The summed E-state index contributed by atoms with van der Waals surface area (Å²) >= 11 is 1.51. The van der Waals surface area contributed by atoms with Crippen LogP contribution in [0.2, 0.25) is 0 Å². The minimum absolute atomic E-state index is 0.162. The second-order valence-corrected chi connectivity index (χ2v) is 9.28. The molecule has 3 rings (SSSR count). The van der Waals surface area contributed by atoms with E-state index in [4.69, 9.17) is 4.74 Å². The van der Waals surface area contributed by atoms with Crippen molar-refractivity contribution in [1.29, 1.82) is 0 Å². The summed E-state index contributed by atoms with van der Waals surface area (Å²) < 4.78 is 5.86. The molecule has 0 radical (unpaired) electrons. The number of benzene rings is 2. The molecular formula is C27H33N3O3S. The predicted octanol–water partition coefficient (Wildman–Crippen LogP) is 6.31. The van der Waals surface area contributed by atoms with E-state index in [2.05, 4.69) is 29.5 Å². The lowest BCUT2D eigenvalue weighted by molar-refractivity contribution is -0.126. The van der Waals surface area contributed by atoms with Crippen LogP contribution in [0.5, 0.6) is 11.5 Å². The van der Waals surface area contributed by atoms with Crippen molar-refractivity contribution in [3.63, 3.8) is 0 Å². The average molecular weight is 480 g/mol. The van der Waals surface area contributed by atoms with E-state index in [1.54, 1.807) is 0 Å². The van der Waals surface area contributed by atoms with Crippen LogP contribution in [0.3, 0.4) is 0 Å². The lowest BCUT2D eigenvalue weighted by Gasteiger charge is -2.17. The average Bonchev–Trinajstić information content (AvgIpc) is 3.28. The highest BCUT2D eigenvalue weighted by Gasteiger charge is 2.22. The number of rotatable bonds is 12. The van der Waals surface area contributed by atoms with Crippen LogP contribution < -0.4 is 15.4 Å². The number of hydrogen-bond acceptors (Lipinski definition) is 5. The fourth-order valence-corrected chi connectivity index (χ4v) is 4.83. The van der Waals surface area contributed by atoms with Crippen molar-refractivity contribution in [3.05, 3.63) is 71.2 Å². The maximum absolute atomic E-state index is 12.9. The smallest absolute Gasteiger partial charge is 0.248 e. The van der Waals surface area contributed by atoms with Crippen LogP contribution in [0, 0.1) is 0 Å². The Balaban J connectivity index is 1.59. The second kappa shape index (κ2) is 12.9. The lowest BCUT2D eigenvalue weighted by atomic mass is 10.0. The molecule has 7 heteroatoms. The van der Waals surface area contributed by atoms with E-state index >= 15 is 0 Å². The molecule has 180 valence electrons. The van der Waals surface area contributed by atoms with E-state index in [1.807, 2.05) is 67.7 Å². The number of amides is 2. The van der Waals surface area contributed by atoms with Crippen LogP contribution in [0.15, 0.2) is 60.8 Å². The first-order chi connectivity index (χ1) is 16.5. The highest BCUT2D eigenvalue weighted by Crippen LogP contribution is 2.30. The summed E-state index contributed by atoms with van der Waals surface area (Å²) in [6, 6.07) is 16.3. The van der Waals surface area contributed by atoms with E-state index in [0.29, 0.717) is 23.2 Å². The number of aromatic nitrogens is 1. The molecule has 0 spiro atoms. The van der Waals surface area contributed by atoms with Gasteiger partial charge in [0.25, 0.3) is 0 Å². The van der Waals surface area contributed by atoms with Crippen LogP contribution in [-0.2, 0) is 16.0 Å². The molecule has 0 saturated heterocycles. The van der Waals surface area contributed by atoms with Crippen molar-refractivity contribution in [2.45, 2.75) is 64.8 Å². The van der Waals surface area contributed by atoms with Crippen LogP contribution in [-0.4, -0.2) is 22.8 Å². The number of nitrogens with zero attached hydrogens (tertiary/aromatic N) is 1. The normalized spacial score (nSPS) is 11.8. The van der Waals surface area contributed by atoms with Gasteiger partial charge in [0.15, 0.2) is 5.13 Å². The van der Waals surface area contributed by atoms with Gasteiger partial charge >= 0.3 is 0 Å². The van der Waals surface area contributed by atoms with Crippen molar-refractivity contribution in [3.8, 4) is 11.5 Å². The van der Waals surface area contributed by atoms with Crippen molar-refractivity contribution < 1.29 is 14.3 Å². The molecule has 3 aromatic rings. The molecule has 0 aliphatic carbocycles. The number of anilines is 1. The van der Waals surface area contributed by atoms with Crippen molar-refractivity contribution in [2.75, 3.05) is 5.32 Å². The summed E-state index contributed by atoms with van der Waals surface area (Å²) in [5.41, 5.74) is 0.816. The van der Waals surface area contributed by atoms with Crippen LogP contribution >= 0.6 is 11.3 Å². The van der Waals surface area contributed by atoms with Gasteiger partial charge in [-0.1, -0.05) is 57.5 Å². The Morgan fingerprint density at radius 3 is 2.44 bits per heavy atom. The minimum atomic E-state index is -0.609. The minimum Gasteiger partial charge on any atom is -0.457 e. The molecule has 2 amide bonds. The van der Waals surface area contributed by atoms with Gasteiger partial charge in [-0.3, -0.25) is 9.59 Å². The lowest BCUT2D eigenvalue weighted by Crippen LogP contribution is -2.44.